The molecule has 0 aliphatic rings. The second kappa shape index (κ2) is 9.36. The number of carbonyl (C=O) groups excluding carboxylic acids is 2. The number of benzene rings is 1. The van der Waals surface area contributed by atoms with Crippen LogP contribution in [-0.2, 0) is 4.79 Å². The van der Waals surface area contributed by atoms with Gasteiger partial charge in [-0.25, -0.2) is 9.97 Å². The summed E-state index contributed by atoms with van der Waals surface area (Å²) in [6, 6.07) is 6.85. The maximum Gasteiger partial charge on any atom is 0.275 e. The molecule has 7 heteroatoms. The minimum atomic E-state index is -0.336. The molecule has 0 saturated carbocycles. The number of amides is 2. The molecular weight excluding hydrogens is 318 g/mol. The molecule has 25 heavy (non-hydrogen) atoms. The van der Waals surface area contributed by atoms with Gasteiger partial charge in [-0.15, -0.1) is 0 Å². The van der Waals surface area contributed by atoms with E-state index in [1.54, 1.807) is 30.5 Å². The first-order valence-corrected chi connectivity index (χ1v) is 8.33. The summed E-state index contributed by atoms with van der Waals surface area (Å²) >= 11 is 0. The fraction of sp³-hybridized carbons (Fsp3) is 0.333. The van der Waals surface area contributed by atoms with Crippen LogP contribution in [0.1, 0.15) is 43.6 Å². The Kier molecular flexibility index (Phi) is 6.88. The first-order chi connectivity index (χ1) is 12.1. The number of unbranched alkanes of at least 4 members (excludes halogenated alkanes) is 2. The third-order valence-electron chi connectivity index (χ3n) is 3.43. The summed E-state index contributed by atoms with van der Waals surface area (Å²) < 4.78 is 0. The minimum absolute atomic E-state index is 0.143. The zero-order chi connectivity index (χ0) is 18.1. The fourth-order valence-corrected chi connectivity index (χ4v) is 2.16. The Morgan fingerprint density at radius 2 is 1.64 bits per heavy atom. The van der Waals surface area contributed by atoms with Gasteiger partial charge in [0.2, 0.25) is 5.91 Å². The average Bonchev–Trinajstić information content (AvgIpc) is 2.60. The van der Waals surface area contributed by atoms with Crippen LogP contribution in [0, 0.1) is 0 Å². The van der Waals surface area contributed by atoms with Crippen molar-refractivity contribution in [1.29, 1.82) is 0 Å². The average molecular weight is 341 g/mol. The lowest BCUT2D eigenvalue weighted by atomic mass is 10.2. The Hall–Kier alpha value is -2.96. The lowest BCUT2D eigenvalue weighted by Crippen LogP contribution is -2.15. The number of rotatable bonds is 8. The van der Waals surface area contributed by atoms with E-state index < -0.39 is 0 Å². The SMILES string of the molecule is CCCCCNc1cnc(C(=O)Nc2ccc(NC(C)=O)cc2)cn1. The predicted molar refractivity (Wildman–Crippen MR) is 98.7 cm³/mol. The maximum absolute atomic E-state index is 12.2. The van der Waals surface area contributed by atoms with Crippen molar-refractivity contribution in [3.8, 4) is 0 Å². The van der Waals surface area contributed by atoms with E-state index in [-0.39, 0.29) is 17.5 Å². The molecule has 0 radical (unpaired) electrons. The molecule has 7 nitrogen and oxygen atoms in total. The van der Waals surface area contributed by atoms with E-state index in [0.29, 0.717) is 17.2 Å². The molecule has 1 heterocycles. The number of anilines is 3. The zero-order valence-electron chi connectivity index (χ0n) is 14.5. The van der Waals surface area contributed by atoms with Crippen molar-refractivity contribution < 1.29 is 9.59 Å². The number of nitrogens with zero attached hydrogens (tertiary/aromatic N) is 2. The smallest absolute Gasteiger partial charge is 0.275 e. The Morgan fingerprint density at radius 3 is 2.20 bits per heavy atom. The molecule has 132 valence electrons. The third-order valence-corrected chi connectivity index (χ3v) is 3.43. The molecule has 3 N–H and O–H groups in total. The molecule has 2 rings (SSSR count). The van der Waals surface area contributed by atoms with Gasteiger partial charge in [0, 0.05) is 24.8 Å². The Labute approximate surface area is 147 Å². The van der Waals surface area contributed by atoms with Crippen LogP contribution in [0.5, 0.6) is 0 Å². The van der Waals surface area contributed by atoms with Gasteiger partial charge in [0.25, 0.3) is 5.91 Å². The van der Waals surface area contributed by atoms with E-state index in [1.165, 1.54) is 19.5 Å². The van der Waals surface area contributed by atoms with Crippen LogP contribution in [0.3, 0.4) is 0 Å². The monoisotopic (exact) mass is 341 g/mol. The highest BCUT2D eigenvalue weighted by atomic mass is 16.2. The van der Waals surface area contributed by atoms with E-state index in [1.807, 2.05) is 0 Å². The summed E-state index contributed by atoms with van der Waals surface area (Å²) in [6.45, 7) is 4.44. The van der Waals surface area contributed by atoms with Crippen molar-refractivity contribution in [3.63, 3.8) is 0 Å². The molecule has 0 fully saturated rings. The van der Waals surface area contributed by atoms with Gasteiger partial charge in [0.05, 0.1) is 12.4 Å². The topological polar surface area (TPSA) is 96.0 Å². The highest BCUT2D eigenvalue weighted by Crippen LogP contribution is 2.14. The van der Waals surface area contributed by atoms with Crippen LogP contribution in [0.2, 0.25) is 0 Å². The normalized spacial score (nSPS) is 10.2. The predicted octanol–water partition coefficient (Wildman–Crippen LogP) is 3.29. The molecule has 0 unspecified atom stereocenters. The first kappa shape index (κ1) is 18.4. The van der Waals surface area contributed by atoms with Crippen molar-refractivity contribution in [2.24, 2.45) is 0 Å². The standard InChI is InChI=1S/C18H23N5O2/c1-3-4-5-10-19-17-12-20-16(11-21-17)18(25)23-15-8-6-14(7-9-15)22-13(2)24/h6-9,11-12H,3-5,10H2,1-2H3,(H,19,21)(H,22,24)(H,23,25). The largest absolute Gasteiger partial charge is 0.369 e. The second-order valence-electron chi connectivity index (χ2n) is 5.63. The van der Waals surface area contributed by atoms with Crippen molar-refractivity contribution in [3.05, 3.63) is 42.4 Å². The summed E-state index contributed by atoms with van der Waals surface area (Å²) in [5, 5.41) is 8.59. The zero-order valence-corrected chi connectivity index (χ0v) is 14.5. The summed E-state index contributed by atoms with van der Waals surface area (Å²) in [6.07, 6.45) is 6.42. The third kappa shape index (κ3) is 6.21. The van der Waals surface area contributed by atoms with Crippen molar-refractivity contribution in [2.45, 2.75) is 33.1 Å². The molecule has 1 aromatic carbocycles. The summed E-state index contributed by atoms with van der Waals surface area (Å²) in [4.78, 5) is 31.5. The Balaban J connectivity index is 1.88. The van der Waals surface area contributed by atoms with Crippen molar-refractivity contribution in [1.82, 2.24) is 9.97 Å². The number of hydrogen-bond donors (Lipinski definition) is 3. The molecule has 0 bridgehead atoms. The van der Waals surface area contributed by atoms with E-state index in [4.69, 9.17) is 0 Å². The van der Waals surface area contributed by atoms with E-state index in [9.17, 15) is 9.59 Å². The van der Waals surface area contributed by atoms with Gasteiger partial charge in [0.1, 0.15) is 11.5 Å². The number of carbonyl (C=O) groups is 2. The van der Waals surface area contributed by atoms with Gasteiger partial charge in [-0.2, -0.15) is 0 Å². The molecule has 0 aliphatic carbocycles. The molecule has 0 spiro atoms. The van der Waals surface area contributed by atoms with E-state index >= 15 is 0 Å². The Morgan fingerprint density at radius 1 is 0.960 bits per heavy atom. The van der Waals surface area contributed by atoms with Gasteiger partial charge in [0.15, 0.2) is 0 Å². The number of hydrogen-bond acceptors (Lipinski definition) is 5. The van der Waals surface area contributed by atoms with Crippen molar-refractivity contribution >= 4 is 29.0 Å². The van der Waals surface area contributed by atoms with Crippen LogP contribution in [0.15, 0.2) is 36.7 Å². The van der Waals surface area contributed by atoms with Crippen LogP contribution >= 0.6 is 0 Å². The number of aromatic nitrogens is 2. The second-order valence-corrected chi connectivity index (χ2v) is 5.63. The lowest BCUT2D eigenvalue weighted by Gasteiger charge is -2.07. The summed E-state index contributed by atoms with van der Waals surface area (Å²) in [5.41, 5.74) is 1.52. The summed E-state index contributed by atoms with van der Waals surface area (Å²) in [7, 11) is 0. The molecule has 2 aromatic rings. The van der Waals surface area contributed by atoms with Gasteiger partial charge >= 0.3 is 0 Å². The van der Waals surface area contributed by atoms with Crippen LogP contribution in [0.4, 0.5) is 17.2 Å². The quantitative estimate of drug-likeness (QED) is 0.640. The van der Waals surface area contributed by atoms with Crippen LogP contribution in [-0.4, -0.2) is 28.3 Å². The fourth-order valence-electron chi connectivity index (χ4n) is 2.16. The first-order valence-electron chi connectivity index (χ1n) is 8.33. The number of nitrogens with one attached hydrogen (secondary N) is 3. The van der Waals surface area contributed by atoms with E-state index in [0.717, 1.165) is 19.4 Å². The minimum Gasteiger partial charge on any atom is -0.369 e. The molecule has 0 saturated heterocycles. The molecule has 0 aliphatic heterocycles. The van der Waals surface area contributed by atoms with Gasteiger partial charge in [-0.3, -0.25) is 9.59 Å². The molecule has 2 amide bonds. The van der Waals surface area contributed by atoms with Gasteiger partial charge in [-0.05, 0) is 30.7 Å². The highest BCUT2D eigenvalue weighted by molar-refractivity contribution is 6.02. The molecule has 1 aromatic heterocycles. The van der Waals surface area contributed by atoms with E-state index in [2.05, 4.69) is 32.8 Å². The Bertz CT molecular complexity index is 698. The van der Waals surface area contributed by atoms with Crippen molar-refractivity contribution in [2.75, 3.05) is 22.5 Å². The molecule has 0 atom stereocenters. The maximum atomic E-state index is 12.2. The summed E-state index contributed by atoms with van der Waals surface area (Å²) in [5.74, 6) is 0.181. The van der Waals surface area contributed by atoms with Crippen LogP contribution in [0.25, 0.3) is 0 Å². The highest BCUT2D eigenvalue weighted by Gasteiger charge is 2.08. The van der Waals surface area contributed by atoms with Crippen LogP contribution < -0.4 is 16.0 Å². The lowest BCUT2D eigenvalue weighted by molar-refractivity contribution is -0.114. The van der Waals surface area contributed by atoms with Gasteiger partial charge in [-0.1, -0.05) is 19.8 Å². The molecular formula is C18H23N5O2. The van der Waals surface area contributed by atoms with Gasteiger partial charge < -0.3 is 16.0 Å².